The molecule has 9 heteroatoms. The first-order valence-electron chi connectivity index (χ1n) is 10.7. The van der Waals surface area contributed by atoms with Gasteiger partial charge in [-0.1, -0.05) is 17.8 Å². The Hall–Kier alpha value is -2.62. The molecule has 3 heterocycles. The van der Waals surface area contributed by atoms with Crippen LogP contribution in [0.15, 0.2) is 47.8 Å². The summed E-state index contributed by atoms with van der Waals surface area (Å²) >= 11 is 1.64. The van der Waals surface area contributed by atoms with E-state index >= 15 is 0 Å². The first-order valence-corrected chi connectivity index (χ1v) is 11.7. The maximum Gasteiger partial charge on any atom is 0.191 e. The lowest BCUT2D eigenvalue weighted by molar-refractivity contribution is 0.0934. The Morgan fingerprint density at radius 2 is 2.16 bits per heavy atom. The molecule has 1 fully saturated rings. The van der Waals surface area contributed by atoms with Gasteiger partial charge in [-0.05, 0) is 50.2 Å². The Kier molecular flexibility index (Phi) is 7.62. The standard InChI is InChI=1S/C23H29N5O3S/c1-27(13-17-12-19(30-2)8-9-21(17)29)15-22-25-26-23(28(22)14-20-7-5-11-31-20)32-16-18-6-3-4-10-24-18/h3-4,6,8-10,12,20,29H,5,7,11,13-16H2,1-2H3/t20-/m1/s1. The van der Waals surface area contributed by atoms with E-state index < -0.39 is 0 Å². The fourth-order valence-corrected chi connectivity index (χ4v) is 4.63. The molecule has 0 saturated carbocycles. The van der Waals surface area contributed by atoms with Crippen molar-refractivity contribution in [2.24, 2.45) is 0 Å². The van der Waals surface area contributed by atoms with Crippen molar-refractivity contribution in [3.05, 3.63) is 59.7 Å². The summed E-state index contributed by atoms with van der Waals surface area (Å²) in [4.78, 5) is 6.51. The number of methoxy groups -OCH3 is 1. The minimum absolute atomic E-state index is 0.187. The highest BCUT2D eigenvalue weighted by Gasteiger charge is 2.22. The zero-order chi connectivity index (χ0) is 22.3. The van der Waals surface area contributed by atoms with Crippen molar-refractivity contribution in [1.29, 1.82) is 0 Å². The number of thioether (sulfide) groups is 1. The highest BCUT2D eigenvalue weighted by molar-refractivity contribution is 7.98. The van der Waals surface area contributed by atoms with Crippen LogP contribution in [0.25, 0.3) is 0 Å². The largest absolute Gasteiger partial charge is 0.508 e. The summed E-state index contributed by atoms with van der Waals surface area (Å²) in [5, 5.41) is 20.1. The van der Waals surface area contributed by atoms with Gasteiger partial charge in [0.15, 0.2) is 5.16 Å². The molecule has 0 aliphatic carbocycles. The van der Waals surface area contributed by atoms with Crippen molar-refractivity contribution >= 4 is 11.8 Å². The maximum atomic E-state index is 10.2. The fraction of sp³-hybridized carbons (Fsp3) is 0.435. The molecule has 170 valence electrons. The van der Waals surface area contributed by atoms with Crippen LogP contribution in [0.1, 0.15) is 29.9 Å². The summed E-state index contributed by atoms with van der Waals surface area (Å²) in [6, 6.07) is 11.2. The van der Waals surface area contributed by atoms with Gasteiger partial charge in [-0.3, -0.25) is 9.88 Å². The van der Waals surface area contributed by atoms with Gasteiger partial charge < -0.3 is 19.1 Å². The summed E-state index contributed by atoms with van der Waals surface area (Å²) in [6.45, 7) is 2.71. The van der Waals surface area contributed by atoms with Crippen LogP contribution < -0.4 is 4.74 Å². The summed E-state index contributed by atoms with van der Waals surface area (Å²) in [7, 11) is 3.63. The van der Waals surface area contributed by atoms with Crippen molar-refractivity contribution in [2.45, 2.75) is 49.5 Å². The topological polar surface area (TPSA) is 85.5 Å². The molecule has 1 aliphatic rings. The van der Waals surface area contributed by atoms with E-state index in [0.717, 1.165) is 59.7 Å². The molecule has 3 aromatic rings. The Bertz CT molecular complexity index is 1010. The quantitative estimate of drug-likeness (QED) is 0.465. The molecular weight excluding hydrogens is 426 g/mol. The van der Waals surface area contributed by atoms with Gasteiger partial charge in [0, 0.05) is 30.7 Å². The third-order valence-corrected chi connectivity index (χ3v) is 6.42. The van der Waals surface area contributed by atoms with E-state index in [4.69, 9.17) is 9.47 Å². The van der Waals surface area contributed by atoms with Crippen LogP contribution in [0.4, 0.5) is 0 Å². The van der Waals surface area contributed by atoms with Gasteiger partial charge in [-0.2, -0.15) is 0 Å². The molecule has 0 amide bonds. The van der Waals surface area contributed by atoms with Gasteiger partial charge in [0.05, 0.1) is 32.0 Å². The average molecular weight is 456 g/mol. The van der Waals surface area contributed by atoms with Crippen LogP contribution in [0, 0.1) is 0 Å². The second-order valence-corrected chi connectivity index (χ2v) is 8.86. The predicted octanol–water partition coefficient (Wildman–Crippen LogP) is 3.49. The minimum atomic E-state index is 0.187. The van der Waals surface area contributed by atoms with Crippen molar-refractivity contribution in [3.8, 4) is 11.5 Å². The molecule has 1 aliphatic heterocycles. The predicted molar refractivity (Wildman–Crippen MR) is 123 cm³/mol. The van der Waals surface area contributed by atoms with Gasteiger partial charge in [-0.15, -0.1) is 10.2 Å². The zero-order valence-corrected chi connectivity index (χ0v) is 19.3. The molecule has 0 spiro atoms. The van der Waals surface area contributed by atoms with Crippen molar-refractivity contribution in [2.75, 3.05) is 20.8 Å². The number of aromatic hydroxyl groups is 1. The van der Waals surface area contributed by atoms with E-state index in [1.165, 1.54) is 0 Å². The number of benzene rings is 1. The minimum Gasteiger partial charge on any atom is -0.508 e. The number of pyridine rings is 1. The Morgan fingerprint density at radius 3 is 2.91 bits per heavy atom. The van der Waals surface area contributed by atoms with Gasteiger partial charge >= 0.3 is 0 Å². The number of hydrogen-bond donors (Lipinski definition) is 1. The van der Waals surface area contributed by atoms with Crippen molar-refractivity contribution in [3.63, 3.8) is 0 Å². The van der Waals surface area contributed by atoms with Crippen LogP contribution in [-0.4, -0.2) is 56.6 Å². The fourth-order valence-electron chi connectivity index (χ4n) is 3.74. The molecule has 0 bridgehead atoms. The summed E-state index contributed by atoms with van der Waals surface area (Å²) in [5.74, 6) is 2.60. The highest BCUT2D eigenvalue weighted by atomic mass is 32.2. The Balaban J connectivity index is 1.48. The van der Waals surface area contributed by atoms with Crippen LogP contribution in [0.5, 0.6) is 11.5 Å². The van der Waals surface area contributed by atoms with Crippen LogP contribution in [0.3, 0.4) is 0 Å². The number of phenols is 1. The highest BCUT2D eigenvalue weighted by Crippen LogP contribution is 2.26. The number of phenolic OH excluding ortho intramolecular Hbond substituents is 1. The molecule has 1 N–H and O–H groups in total. The number of aromatic nitrogens is 4. The smallest absolute Gasteiger partial charge is 0.191 e. The van der Waals surface area contributed by atoms with Gasteiger partial charge in [0.1, 0.15) is 17.3 Å². The lowest BCUT2D eigenvalue weighted by Gasteiger charge is -2.19. The van der Waals surface area contributed by atoms with Gasteiger partial charge in [0.2, 0.25) is 0 Å². The van der Waals surface area contributed by atoms with Crippen molar-refractivity contribution in [1.82, 2.24) is 24.6 Å². The third-order valence-electron chi connectivity index (χ3n) is 5.42. The number of rotatable bonds is 10. The maximum absolute atomic E-state index is 10.2. The second kappa shape index (κ2) is 10.8. The van der Waals surface area contributed by atoms with E-state index in [1.807, 2.05) is 31.3 Å². The molecule has 8 nitrogen and oxygen atoms in total. The number of nitrogens with zero attached hydrogens (tertiary/aromatic N) is 5. The monoisotopic (exact) mass is 455 g/mol. The third kappa shape index (κ3) is 5.79. The molecule has 0 unspecified atom stereocenters. The normalized spacial score (nSPS) is 16.0. The molecule has 1 atom stereocenters. The first-order chi connectivity index (χ1) is 15.6. The molecule has 1 aromatic carbocycles. The van der Waals surface area contributed by atoms with Gasteiger partial charge in [-0.25, -0.2) is 0 Å². The van der Waals surface area contributed by atoms with Crippen LogP contribution in [0.2, 0.25) is 0 Å². The molecule has 1 saturated heterocycles. The van der Waals surface area contributed by atoms with Crippen LogP contribution >= 0.6 is 11.8 Å². The Morgan fingerprint density at radius 1 is 1.25 bits per heavy atom. The molecule has 32 heavy (non-hydrogen) atoms. The first kappa shape index (κ1) is 22.6. The van der Waals surface area contributed by atoms with E-state index in [-0.39, 0.29) is 11.9 Å². The number of hydrogen-bond acceptors (Lipinski definition) is 8. The molecule has 4 rings (SSSR count). The summed E-state index contributed by atoms with van der Waals surface area (Å²) in [5.41, 5.74) is 1.82. The summed E-state index contributed by atoms with van der Waals surface area (Å²) < 4.78 is 13.3. The molecule has 2 aromatic heterocycles. The molecular formula is C23H29N5O3S. The summed E-state index contributed by atoms with van der Waals surface area (Å²) in [6.07, 6.45) is 4.14. The average Bonchev–Trinajstić information content (AvgIpc) is 3.45. The van der Waals surface area contributed by atoms with E-state index in [0.29, 0.717) is 13.1 Å². The van der Waals surface area contributed by atoms with Crippen LogP contribution in [-0.2, 0) is 30.1 Å². The SMILES string of the molecule is COc1ccc(O)c(CN(C)Cc2nnc(SCc3ccccn3)n2C[C@H]2CCCO2)c1. The zero-order valence-electron chi connectivity index (χ0n) is 18.5. The van der Waals surface area contributed by atoms with E-state index in [2.05, 4.69) is 24.6 Å². The number of ether oxygens (including phenoxy) is 2. The van der Waals surface area contributed by atoms with Gasteiger partial charge in [0.25, 0.3) is 0 Å². The Labute approximate surface area is 192 Å². The van der Waals surface area contributed by atoms with E-state index in [9.17, 15) is 5.11 Å². The van der Waals surface area contributed by atoms with E-state index in [1.54, 1.807) is 37.2 Å². The van der Waals surface area contributed by atoms with Crippen molar-refractivity contribution < 1.29 is 14.6 Å². The lowest BCUT2D eigenvalue weighted by Crippen LogP contribution is -2.23. The molecule has 0 radical (unpaired) electrons. The second-order valence-electron chi connectivity index (χ2n) is 7.92. The lowest BCUT2D eigenvalue weighted by atomic mass is 10.2.